The van der Waals surface area contributed by atoms with Gasteiger partial charge in [0.05, 0.1) is 29.8 Å². The molecule has 1 heterocycles. The fourth-order valence-electron chi connectivity index (χ4n) is 5.74. The summed E-state index contributed by atoms with van der Waals surface area (Å²) in [6, 6.07) is 0. The molecule has 0 radical (unpaired) electrons. The Kier molecular flexibility index (Phi) is 4.10. The molecule has 1 aliphatic heterocycles. The smallest absolute Gasteiger partial charge is 0.303 e. The Balaban J connectivity index is 1.84. The summed E-state index contributed by atoms with van der Waals surface area (Å²) in [5, 5.41) is 22.4. The number of ketones is 1. The molecule has 6 nitrogen and oxygen atoms in total. The number of esters is 1. The van der Waals surface area contributed by atoms with Gasteiger partial charge >= 0.3 is 5.97 Å². The fourth-order valence-corrected chi connectivity index (χ4v) is 5.74. The minimum absolute atomic E-state index is 0.0556. The molecule has 0 spiro atoms. The van der Waals surface area contributed by atoms with Crippen molar-refractivity contribution >= 4 is 11.8 Å². The Labute approximate surface area is 153 Å². The maximum Gasteiger partial charge on any atom is 0.303 e. The van der Waals surface area contributed by atoms with Crippen LogP contribution < -0.4 is 0 Å². The Hall–Kier alpha value is -1.24. The van der Waals surface area contributed by atoms with Crippen molar-refractivity contribution in [1.29, 1.82) is 0 Å². The molecule has 3 aliphatic carbocycles. The van der Waals surface area contributed by atoms with Gasteiger partial charge in [0.2, 0.25) is 0 Å². The average Bonchev–Trinajstić information content (AvgIpc) is 2.55. The lowest BCUT2D eigenvalue weighted by Gasteiger charge is -2.59. The molecule has 2 saturated carbocycles. The summed E-state index contributed by atoms with van der Waals surface area (Å²) in [7, 11) is 0. The lowest BCUT2D eigenvalue weighted by atomic mass is 9.50. The molecule has 0 aromatic heterocycles. The minimum atomic E-state index is -1.06. The van der Waals surface area contributed by atoms with Gasteiger partial charge in [-0.05, 0) is 37.7 Å². The molecule has 1 saturated heterocycles. The predicted molar refractivity (Wildman–Crippen MR) is 92.1 cm³/mol. The molecule has 0 amide bonds. The molecular formula is C20H28O6. The highest BCUT2D eigenvalue weighted by atomic mass is 16.5. The fraction of sp³-hybridized carbons (Fsp3) is 0.800. The van der Waals surface area contributed by atoms with Crippen LogP contribution in [0.5, 0.6) is 0 Å². The van der Waals surface area contributed by atoms with E-state index in [9.17, 15) is 19.8 Å². The number of rotatable bonds is 1. The van der Waals surface area contributed by atoms with E-state index in [1.54, 1.807) is 6.92 Å². The van der Waals surface area contributed by atoms with Crippen LogP contribution in [0.3, 0.4) is 0 Å². The summed E-state index contributed by atoms with van der Waals surface area (Å²) < 4.78 is 11.1. The quantitative estimate of drug-likeness (QED) is 0.539. The first-order chi connectivity index (χ1) is 12.2. The average molecular weight is 364 g/mol. The Bertz CT molecular complexity index is 671. The maximum absolute atomic E-state index is 13.6. The summed E-state index contributed by atoms with van der Waals surface area (Å²) in [5.41, 5.74) is -1.35. The highest BCUT2D eigenvalue weighted by Crippen LogP contribution is 2.57. The number of aliphatic hydroxyl groups excluding tert-OH is 1. The van der Waals surface area contributed by atoms with E-state index in [4.69, 9.17) is 9.47 Å². The number of hydrogen-bond donors (Lipinski definition) is 2. The van der Waals surface area contributed by atoms with Gasteiger partial charge in [-0.15, -0.1) is 0 Å². The van der Waals surface area contributed by atoms with Crippen molar-refractivity contribution < 1.29 is 29.3 Å². The lowest BCUT2D eigenvalue weighted by Crippen LogP contribution is -2.67. The molecule has 6 heteroatoms. The highest BCUT2D eigenvalue weighted by Gasteiger charge is 2.64. The summed E-state index contributed by atoms with van der Waals surface area (Å²) in [5.74, 6) is -1.08. The second-order valence-corrected chi connectivity index (χ2v) is 8.80. The summed E-state index contributed by atoms with van der Waals surface area (Å²) in [6.45, 7) is 5.53. The van der Waals surface area contributed by atoms with Crippen LogP contribution in [-0.4, -0.2) is 52.5 Å². The second kappa shape index (κ2) is 5.88. The van der Waals surface area contributed by atoms with Crippen molar-refractivity contribution in [2.24, 2.45) is 23.2 Å². The van der Waals surface area contributed by atoms with Crippen LogP contribution in [-0.2, 0) is 19.1 Å². The summed E-state index contributed by atoms with van der Waals surface area (Å²) in [6.07, 6.45) is 2.09. The van der Waals surface area contributed by atoms with Gasteiger partial charge in [0.15, 0.2) is 11.9 Å². The van der Waals surface area contributed by atoms with Crippen LogP contribution in [0.15, 0.2) is 11.6 Å². The molecule has 0 aromatic rings. The van der Waals surface area contributed by atoms with E-state index in [0.717, 1.165) is 0 Å². The maximum atomic E-state index is 13.6. The molecule has 8 unspecified atom stereocenters. The molecular weight excluding hydrogens is 336 g/mol. The topological polar surface area (TPSA) is 93.1 Å². The molecule has 3 fully saturated rings. The third-order valence-corrected chi connectivity index (χ3v) is 7.61. The second-order valence-electron chi connectivity index (χ2n) is 8.80. The number of hydrogen-bond acceptors (Lipinski definition) is 6. The van der Waals surface area contributed by atoms with E-state index >= 15 is 0 Å². The molecule has 144 valence electrons. The lowest BCUT2D eigenvalue weighted by molar-refractivity contribution is -0.238. The van der Waals surface area contributed by atoms with E-state index in [-0.39, 0.29) is 29.6 Å². The third-order valence-electron chi connectivity index (χ3n) is 7.61. The van der Waals surface area contributed by atoms with E-state index in [1.165, 1.54) is 6.92 Å². The van der Waals surface area contributed by atoms with Gasteiger partial charge in [-0.25, -0.2) is 0 Å². The normalized spacial score (nSPS) is 50.3. The third kappa shape index (κ3) is 2.35. The van der Waals surface area contributed by atoms with Crippen molar-refractivity contribution in [2.45, 2.75) is 70.4 Å². The zero-order valence-corrected chi connectivity index (χ0v) is 15.6. The number of Topliss-reactive ketones (excluding diaryl/α,β-unsaturated/α-hetero) is 1. The molecule has 4 rings (SSSR count). The number of fused-ring (bicyclic) bond motifs is 5. The number of ether oxygens (including phenoxy) is 2. The van der Waals surface area contributed by atoms with E-state index < -0.39 is 29.2 Å². The van der Waals surface area contributed by atoms with Gasteiger partial charge in [0.25, 0.3) is 0 Å². The SMILES string of the molecule is CC(=O)OC1C(=O)C2(C)C(O)CC3OCC3C2CC2(O)CCC=C1C2C. The zero-order valence-electron chi connectivity index (χ0n) is 15.6. The minimum Gasteiger partial charge on any atom is -0.450 e. The van der Waals surface area contributed by atoms with Gasteiger partial charge < -0.3 is 19.7 Å². The van der Waals surface area contributed by atoms with Gasteiger partial charge in [-0.2, -0.15) is 0 Å². The number of aliphatic hydroxyl groups is 2. The number of carbonyl (C=O) groups is 2. The Morgan fingerprint density at radius 3 is 2.77 bits per heavy atom. The van der Waals surface area contributed by atoms with Crippen LogP contribution in [0.1, 0.15) is 46.5 Å². The van der Waals surface area contributed by atoms with Gasteiger partial charge in [-0.1, -0.05) is 13.0 Å². The number of carbonyl (C=O) groups excluding carboxylic acids is 2. The van der Waals surface area contributed by atoms with Crippen molar-refractivity contribution in [3.05, 3.63) is 11.6 Å². The van der Waals surface area contributed by atoms with Gasteiger partial charge in [0, 0.05) is 25.2 Å². The highest BCUT2D eigenvalue weighted by molar-refractivity contribution is 5.94. The zero-order chi connectivity index (χ0) is 18.9. The molecule has 26 heavy (non-hydrogen) atoms. The predicted octanol–water partition coefficient (Wildman–Crippen LogP) is 1.38. The molecule has 2 N–H and O–H groups in total. The van der Waals surface area contributed by atoms with E-state index in [0.29, 0.717) is 37.9 Å². The van der Waals surface area contributed by atoms with Gasteiger partial charge in [0.1, 0.15) is 0 Å². The van der Waals surface area contributed by atoms with E-state index in [1.807, 2.05) is 13.0 Å². The van der Waals surface area contributed by atoms with Crippen molar-refractivity contribution in [1.82, 2.24) is 0 Å². The molecule has 0 aromatic carbocycles. The van der Waals surface area contributed by atoms with Crippen LogP contribution in [0.2, 0.25) is 0 Å². The summed E-state index contributed by atoms with van der Waals surface area (Å²) in [4.78, 5) is 25.4. The van der Waals surface area contributed by atoms with E-state index in [2.05, 4.69) is 0 Å². The first-order valence-electron chi connectivity index (χ1n) is 9.62. The first-order valence-corrected chi connectivity index (χ1v) is 9.62. The first kappa shape index (κ1) is 18.1. The van der Waals surface area contributed by atoms with Crippen LogP contribution in [0.25, 0.3) is 0 Å². The van der Waals surface area contributed by atoms with Crippen molar-refractivity contribution in [2.75, 3.05) is 6.61 Å². The largest absolute Gasteiger partial charge is 0.450 e. The Morgan fingerprint density at radius 1 is 1.42 bits per heavy atom. The Morgan fingerprint density at radius 2 is 2.15 bits per heavy atom. The van der Waals surface area contributed by atoms with Crippen molar-refractivity contribution in [3.63, 3.8) is 0 Å². The summed E-state index contributed by atoms with van der Waals surface area (Å²) >= 11 is 0. The van der Waals surface area contributed by atoms with Crippen LogP contribution in [0, 0.1) is 23.2 Å². The standard InChI is InChI=1S/C20H28O6/c1-10-12-5-4-6-20(10,24)8-14-13-9-25-15(13)7-16(22)19(14,3)18(23)17(12)26-11(2)21/h5,10,13-17,22,24H,4,6-9H2,1-3H3. The molecule has 4 aliphatic rings. The molecule has 8 atom stereocenters. The van der Waals surface area contributed by atoms with Crippen LogP contribution >= 0.6 is 0 Å². The van der Waals surface area contributed by atoms with Gasteiger partial charge in [-0.3, -0.25) is 9.59 Å². The van der Waals surface area contributed by atoms with Crippen LogP contribution in [0.4, 0.5) is 0 Å². The van der Waals surface area contributed by atoms with Crippen molar-refractivity contribution in [3.8, 4) is 0 Å². The number of allylic oxidation sites excluding steroid dienone is 1. The monoisotopic (exact) mass is 364 g/mol. The molecule has 2 bridgehead atoms.